The molecular weight excluding hydrogens is 260 g/mol. The van der Waals surface area contributed by atoms with Gasteiger partial charge in [0, 0.05) is 19.6 Å². The fourth-order valence-corrected chi connectivity index (χ4v) is 2.04. The molecule has 110 valence electrons. The molecule has 2 rings (SSSR count). The number of hydrogen-bond acceptors (Lipinski definition) is 5. The molecule has 1 aliphatic rings. The third kappa shape index (κ3) is 4.11. The van der Waals surface area contributed by atoms with E-state index in [4.69, 9.17) is 14.6 Å². The van der Waals surface area contributed by atoms with Gasteiger partial charge in [-0.05, 0) is 31.8 Å². The monoisotopic (exact) mass is 280 g/mol. The molecule has 1 aromatic rings. The predicted octanol–water partition coefficient (Wildman–Crippen LogP) is 0.864. The second-order valence-corrected chi connectivity index (χ2v) is 5.10. The summed E-state index contributed by atoms with van der Waals surface area (Å²) in [4.78, 5) is 14.9. The lowest BCUT2D eigenvalue weighted by Gasteiger charge is -2.22. The minimum Gasteiger partial charge on any atom is -0.480 e. The lowest BCUT2D eigenvalue weighted by Crippen LogP contribution is -2.35. The summed E-state index contributed by atoms with van der Waals surface area (Å²) < 4.78 is 10.6. The molecule has 0 aromatic heterocycles. The minimum absolute atomic E-state index is 0.0300. The van der Waals surface area contributed by atoms with Gasteiger partial charge < -0.3 is 19.5 Å². The quantitative estimate of drug-likeness (QED) is 0.799. The Morgan fingerprint density at radius 3 is 2.70 bits per heavy atom. The van der Waals surface area contributed by atoms with Gasteiger partial charge in [0.25, 0.3) is 0 Å². The SMILES string of the molecule is CN(C)CCN(CC(=O)O)Cc1ccc2c(c1)OCO2. The van der Waals surface area contributed by atoms with Crippen LogP contribution in [-0.4, -0.2) is 61.4 Å². The molecular formula is C14H20N2O4. The van der Waals surface area contributed by atoms with Gasteiger partial charge in [0.2, 0.25) is 6.79 Å². The average molecular weight is 280 g/mol. The van der Waals surface area contributed by atoms with Crippen LogP contribution in [0, 0.1) is 0 Å². The summed E-state index contributed by atoms with van der Waals surface area (Å²) in [6.45, 7) is 2.38. The first kappa shape index (κ1) is 14.6. The Bertz CT molecular complexity index is 476. The zero-order valence-corrected chi connectivity index (χ0v) is 11.8. The van der Waals surface area contributed by atoms with Gasteiger partial charge >= 0.3 is 5.97 Å². The molecule has 0 amide bonds. The molecule has 0 bridgehead atoms. The maximum Gasteiger partial charge on any atom is 0.317 e. The number of nitrogens with zero attached hydrogens (tertiary/aromatic N) is 2. The van der Waals surface area contributed by atoms with E-state index in [1.165, 1.54) is 0 Å². The van der Waals surface area contributed by atoms with Gasteiger partial charge in [0.1, 0.15) is 0 Å². The van der Waals surface area contributed by atoms with Crippen LogP contribution in [0.2, 0.25) is 0 Å². The van der Waals surface area contributed by atoms with Gasteiger partial charge in [0.15, 0.2) is 11.5 Å². The van der Waals surface area contributed by atoms with Gasteiger partial charge in [-0.1, -0.05) is 6.07 Å². The van der Waals surface area contributed by atoms with Crippen LogP contribution in [0.4, 0.5) is 0 Å². The predicted molar refractivity (Wildman–Crippen MR) is 74.0 cm³/mol. The van der Waals surface area contributed by atoms with Crippen molar-refractivity contribution in [3.05, 3.63) is 23.8 Å². The molecule has 0 atom stereocenters. The molecule has 1 aliphatic heterocycles. The zero-order chi connectivity index (χ0) is 14.5. The molecule has 20 heavy (non-hydrogen) atoms. The van der Waals surface area contributed by atoms with Crippen LogP contribution in [-0.2, 0) is 11.3 Å². The van der Waals surface area contributed by atoms with E-state index < -0.39 is 5.97 Å². The Labute approximate surface area is 118 Å². The van der Waals surface area contributed by atoms with Crippen molar-refractivity contribution in [2.75, 3.05) is 40.5 Å². The number of carbonyl (C=O) groups is 1. The maximum absolute atomic E-state index is 10.9. The summed E-state index contributed by atoms with van der Waals surface area (Å²) in [5.41, 5.74) is 1.02. The summed E-state index contributed by atoms with van der Waals surface area (Å²) in [6.07, 6.45) is 0. The van der Waals surface area contributed by atoms with Crippen LogP contribution in [0.25, 0.3) is 0 Å². The van der Waals surface area contributed by atoms with E-state index in [0.29, 0.717) is 13.1 Å². The highest BCUT2D eigenvalue weighted by Gasteiger charge is 2.15. The summed E-state index contributed by atoms with van der Waals surface area (Å²) in [6, 6.07) is 5.72. The summed E-state index contributed by atoms with van der Waals surface area (Å²) in [5, 5.41) is 8.98. The molecule has 6 heteroatoms. The normalized spacial score (nSPS) is 13.2. The molecule has 0 unspecified atom stereocenters. The van der Waals surface area contributed by atoms with E-state index in [0.717, 1.165) is 23.6 Å². The van der Waals surface area contributed by atoms with Crippen molar-refractivity contribution >= 4 is 5.97 Å². The molecule has 0 aliphatic carbocycles. The van der Waals surface area contributed by atoms with Crippen molar-refractivity contribution < 1.29 is 19.4 Å². The first-order chi connectivity index (χ1) is 9.54. The standard InChI is InChI=1S/C14H20N2O4/c1-15(2)5-6-16(9-14(17)18)8-11-3-4-12-13(7-11)20-10-19-12/h3-4,7H,5-6,8-10H2,1-2H3,(H,17,18). The van der Waals surface area contributed by atoms with Crippen LogP contribution >= 0.6 is 0 Å². The van der Waals surface area contributed by atoms with Crippen LogP contribution in [0.3, 0.4) is 0 Å². The Morgan fingerprint density at radius 1 is 1.25 bits per heavy atom. The van der Waals surface area contributed by atoms with E-state index in [2.05, 4.69) is 0 Å². The van der Waals surface area contributed by atoms with Crippen molar-refractivity contribution in [2.24, 2.45) is 0 Å². The molecule has 0 fully saturated rings. The van der Waals surface area contributed by atoms with Gasteiger partial charge in [-0.25, -0.2) is 0 Å². The van der Waals surface area contributed by atoms with Gasteiger partial charge in [0.05, 0.1) is 6.54 Å². The third-order valence-electron chi connectivity index (χ3n) is 3.07. The largest absolute Gasteiger partial charge is 0.480 e. The fraction of sp³-hybridized carbons (Fsp3) is 0.500. The van der Waals surface area contributed by atoms with E-state index in [9.17, 15) is 4.79 Å². The lowest BCUT2D eigenvalue weighted by atomic mass is 10.2. The molecule has 0 radical (unpaired) electrons. The highest BCUT2D eigenvalue weighted by atomic mass is 16.7. The van der Waals surface area contributed by atoms with Crippen LogP contribution in [0.1, 0.15) is 5.56 Å². The highest BCUT2D eigenvalue weighted by Crippen LogP contribution is 2.32. The number of ether oxygens (including phenoxy) is 2. The summed E-state index contributed by atoms with van der Waals surface area (Å²) in [5.74, 6) is 0.654. The molecule has 0 saturated carbocycles. The van der Waals surface area contributed by atoms with Crippen LogP contribution in [0.5, 0.6) is 11.5 Å². The number of fused-ring (bicyclic) bond motifs is 1. The number of likely N-dealkylation sites (N-methyl/N-ethyl adjacent to an activating group) is 1. The van der Waals surface area contributed by atoms with E-state index >= 15 is 0 Å². The van der Waals surface area contributed by atoms with Crippen LogP contribution in [0.15, 0.2) is 18.2 Å². The average Bonchev–Trinajstić information content (AvgIpc) is 2.82. The Kier molecular flexibility index (Phi) is 4.81. The van der Waals surface area contributed by atoms with Crippen molar-refractivity contribution in [3.63, 3.8) is 0 Å². The van der Waals surface area contributed by atoms with Crippen molar-refractivity contribution in [1.82, 2.24) is 9.80 Å². The molecule has 0 saturated heterocycles. The Hall–Kier alpha value is -1.79. The Balaban J connectivity index is 2.00. The molecule has 0 spiro atoms. The van der Waals surface area contributed by atoms with Gasteiger partial charge in [-0.3, -0.25) is 9.69 Å². The van der Waals surface area contributed by atoms with E-state index in [1.807, 2.05) is 42.1 Å². The number of aliphatic carboxylic acids is 1. The molecule has 6 nitrogen and oxygen atoms in total. The summed E-state index contributed by atoms with van der Waals surface area (Å²) >= 11 is 0. The maximum atomic E-state index is 10.9. The van der Waals surface area contributed by atoms with Gasteiger partial charge in [-0.15, -0.1) is 0 Å². The third-order valence-corrected chi connectivity index (χ3v) is 3.07. The van der Waals surface area contributed by atoms with Gasteiger partial charge in [-0.2, -0.15) is 0 Å². The molecule has 1 heterocycles. The Morgan fingerprint density at radius 2 is 2.00 bits per heavy atom. The van der Waals surface area contributed by atoms with E-state index in [-0.39, 0.29) is 13.3 Å². The second-order valence-electron chi connectivity index (χ2n) is 5.10. The smallest absolute Gasteiger partial charge is 0.317 e. The van der Waals surface area contributed by atoms with Crippen LogP contribution < -0.4 is 9.47 Å². The number of benzene rings is 1. The molecule has 1 N–H and O–H groups in total. The zero-order valence-electron chi connectivity index (χ0n) is 11.8. The fourth-order valence-electron chi connectivity index (χ4n) is 2.04. The van der Waals surface area contributed by atoms with Crippen molar-refractivity contribution in [2.45, 2.75) is 6.54 Å². The first-order valence-electron chi connectivity index (χ1n) is 6.52. The number of hydrogen-bond donors (Lipinski definition) is 1. The number of carboxylic acid groups (broad SMARTS) is 1. The van der Waals surface area contributed by atoms with Crippen molar-refractivity contribution in [1.29, 1.82) is 0 Å². The number of rotatable bonds is 7. The second kappa shape index (κ2) is 6.58. The number of carboxylic acids is 1. The lowest BCUT2D eigenvalue weighted by molar-refractivity contribution is -0.138. The minimum atomic E-state index is -0.815. The van der Waals surface area contributed by atoms with E-state index in [1.54, 1.807) is 0 Å². The summed E-state index contributed by atoms with van der Waals surface area (Å²) in [7, 11) is 3.94. The molecule has 1 aromatic carbocycles. The topological polar surface area (TPSA) is 62.2 Å². The van der Waals surface area contributed by atoms with Crippen molar-refractivity contribution in [3.8, 4) is 11.5 Å². The highest BCUT2D eigenvalue weighted by molar-refractivity contribution is 5.69. The first-order valence-corrected chi connectivity index (χ1v) is 6.52.